The molecule has 1 aliphatic rings. The number of rotatable bonds is 5. The Morgan fingerprint density at radius 1 is 1.13 bits per heavy atom. The van der Waals surface area contributed by atoms with Crippen molar-refractivity contribution >= 4 is 23.8 Å². The molecule has 5 rings (SSSR count). The van der Waals surface area contributed by atoms with Crippen LogP contribution in [0.3, 0.4) is 0 Å². The van der Waals surface area contributed by atoms with Crippen molar-refractivity contribution in [2.75, 3.05) is 6.54 Å². The van der Waals surface area contributed by atoms with Gasteiger partial charge in [-0.25, -0.2) is 4.68 Å². The second kappa shape index (κ2) is 8.42. The Morgan fingerprint density at radius 2 is 1.90 bits per heavy atom. The highest BCUT2D eigenvalue weighted by molar-refractivity contribution is 7.71. The number of nitrogens with zero attached hydrogens (tertiary/aromatic N) is 5. The minimum atomic E-state index is 0.184. The molecule has 0 spiro atoms. The summed E-state index contributed by atoms with van der Waals surface area (Å²) >= 11 is 12.0. The lowest BCUT2D eigenvalue weighted by molar-refractivity contribution is 0.163. The predicted molar refractivity (Wildman–Crippen MR) is 123 cm³/mol. The predicted octanol–water partition coefficient (Wildman–Crippen LogP) is 5.81. The van der Waals surface area contributed by atoms with Gasteiger partial charge in [-0.3, -0.25) is 9.47 Å². The Morgan fingerprint density at radius 3 is 2.61 bits per heavy atom. The van der Waals surface area contributed by atoms with E-state index >= 15 is 0 Å². The normalized spacial score (nSPS) is 16.8. The van der Waals surface area contributed by atoms with Crippen LogP contribution in [0.25, 0.3) is 17.1 Å². The van der Waals surface area contributed by atoms with Crippen molar-refractivity contribution in [2.24, 2.45) is 0 Å². The van der Waals surface area contributed by atoms with E-state index in [0.29, 0.717) is 16.5 Å². The van der Waals surface area contributed by atoms with Crippen molar-refractivity contribution in [2.45, 2.75) is 32.5 Å². The average molecular weight is 452 g/mol. The number of hydrogen-bond donors (Lipinski definition) is 0. The van der Waals surface area contributed by atoms with Crippen LogP contribution in [0.15, 0.2) is 65.2 Å². The van der Waals surface area contributed by atoms with Gasteiger partial charge < -0.3 is 4.52 Å². The molecule has 2 aromatic carbocycles. The van der Waals surface area contributed by atoms with E-state index in [0.717, 1.165) is 47.9 Å². The Hall–Kier alpha value is -2.74. The number of hydrogen-bond acceptors (Lipinski definition) is 5. The highest BCUT2D eigenvalue weighted by Gasteiger charge is 2.30. The Labute approximate surface area is 190 Å². The van der Waals surface area contributed by atoms with Crippen LogP contribution in [0.4, 0.5) is 0 Å². The molecule has 6 nitrogen and oxygen atoms in total. The summed E-state index contributed by atoms with van der Waals surface area (Å²) < 4.78 is 10.1. The molecule has 8 heteroatoms. The van der Waals surface area contributed by atoms with E-state index < -0.39 is 0 Å². The first-order valence-electron chi connectivity index (χ1n) is 10.3. The van der Waals surface area contributed by atoms with E-state index in [1.807, 2.05) is 76.8 Å². The quantitative estimate of drug-likeness (QED) is 0.358. The minimum Gasteiger partial charge on any atom is -0.359 e. The van der Waals surface area contributed by atoms with Gasteiger partial charge in [0.2, 0.25) is 4.77 Å². The van der Waals surface area contributed by atoms with Gasteiger partial charge >= 0.3 is 0 Å². The minimum absolute atomic E-state index is 0.184. The lowest BCUT2D eigenvalue weighted by Gasteiger charge is -2.21. The molecule has 1 saturated heterocycles. The van der Waals surface area contributed by atoms with Crippen LogP contribution in [-0.4, -0.2) is 30.9 Å². The fourth-order valence-corrected chi connectivity index (χ4v) is 4.54. The van der Waals surface area contributed by atoms with Crippen LogP contribution in [0, 0.1) is 11.7 Å². The lowest BCUT2D eigenvalue weighted by Crippen LogP contribution is -2.26. The smallest absolute Gasteiger partial charge is 0.204 e. The standard InChI is InChI=1S/C23H22ClN5OS/c1-16-14-21(30-26-16)20-8-5-13-27(20)15-28-23(31)29(19-6-3-2-4-7-19)22(25-28)17-9-11-18(24)12-10-17/h2-4,6-7,9-12,14,20H,5,8,13,15H2,1H3/t20-/m0/s1. The van der Waals surface area contributed by atoms with Gasteiger partial charge in [0.05, 0.1) is 18.4 Å². The highest BCUT2D eigenvalue weighted by atomic mass is 35.5. The van der Waals surface area contributed by atoms with E-state index in [4.69, 9.17) is 33.4 Å². The average Bonchev–Trinajstić information content (AvgIpc) is 3.49. The third-order valence-electron chi connectivity index (χ3n) is 5.61. The molecule has 0 unspecified atom stereocenters. The molecule has 31 heavy (non-hydrogen) atoms. The van der Waals surface area contributed by atoms with E-state index in [9.17, 15) is 0 Å². The van der Waals surface area contributed by atoms with Gasteiger partial charge in [-0.2, -0.15) is 0 Å². The molecular weight excluding hydrogens is 430 g/mol. The summed E-state index contributed by atoms with van der Waals surface area (Å²) in [6.45, 7) is 3.49. The molecule has 0 N–H and O–H groups in total. The summed E-state index contributed by atoms with van der Waals surface area (Å²) in [5.74, 6) is 1.70. The fourth-order valence-electron chi connectivity index (χ4n) is 4.13. The molecule has 0 amide bonds. The Balaban J connectivity index is 1.55. The van der Waals surface area contributed by atoms with Gasteiger partial charge in [-0.1, -0.05) is 35.0 Å². The van der Waals surface area contributed by atoms with Gasteiger partial charge in [0.1, 0.15) is 0 Å². The zero-order valence-electron chi connectivity index (χ0n) is 17.1. The van der Waals surface area contributed by atoms with Crippen molar-refractivity contribution < 1.29 is 4.52 Å². The number of aromatic nitrogens is 4. The number of aryl methyl sites for hydroxylation is 1. The SMILES string of the molecule is Cc1cc([C@@H]2CCCN2Cn2nc(-c3ccc(Cl)cc3)n(-c3ccccc3)c2=S)on1. The summed E-state index contributed by atoms with van der Waals surface area (Å²) in [7, 11) is 0. The third-order valence-corrected chi connectivity index (χ3v) is 6.26. The fraction of sp³-hybridized carbons (Fsp3) is 0.261. The summed E-state index contributed by atoms with van der Waals surface area (Å²) in [6.07, 6.45) is 2.13. The maximum atomic E-state index is 6.11. The number of benzene rings is 2. The Kier molecular flexibility index (Phi) is 5.48. The van der Waals surface area contributed by atoms with Crippen LogP contribution in [0.1, 0.15) is 30.3 Å². The first-order valence-corrected chi connectivity index (χ1v) is 11.1. The van der Waals surface area contributed by atoms with E-state index in [1.165, 1.54) is 0 Å². The molecule has 4 aromatic rings. The van der Waals surface area contributed by atoms with Crippen LogP contribution in [0.2, 0.25) is 5.02 Å². The van der Waals surface area contributed by atoms with Crippen molar-refractivity contribution in [3.8, 4) is 17.1 Å². The molecule has 3 heterocycles. The largest absolute Gasteiger partial charge is 0.359 e. The van der Waals surface area contributed by atoms with Crippen LogP contribution in [0.5, 0.6) is 0 Å². The third kappa shape index (κ3) is 3.96. The first kappa shape index (κ1) is 20.2. The summed E-state index contributed by atoms with van der Waals surface area (Å²) in [5.41, 5.74) is 2.84. The molecule has 158 valence electrons. The van der Waals surface area contributed by atoms with Crippen LogP contribution in [-0.2, 0) is 6.67 Å². The van der Waals surface area contributed by atoms with Crippen LogP contribution >= 0.6 is 23.8 Å². The van der Waals surface area contributed by atoms with Gasteiger partial charge in [-0.05, 0) is 68.4 Å². The molecule has 1 fully saturated rings. The summed E-state index contributed by atoms with van der Waals surface area (Å²) in [4.78, 5) is 2.35. The van der Waals surface area contributed by atoms with E-state index in [2.05, 4.69) is 10.1 Å². The summed E-state index contributed by atoms with van der Waals surface area (Å²) in [5, 5.41) is 9.68. The molecule has 1 aliphatic heterocycles. The van der Waals surface area contributed by atoms with E-state index in [1.54, 1.807) is 0 Å². The number of likely N-dealkylation sites (tertiary alicyclic amines) is 1. The van der Waals surface area contributed by atoms with Crippen LogP contribution < -0.4 is 0 Å². The van der Waals surface area contributed by atoms with Gasteiger partial charge in [0.15, 0.2) is 11.6 Å². The maximum Gasteiger partial charge on any atom is 0.204 e. The molecule has 0 radical (unpaired) electrons. The van der Waals surface area contributed by atoms with Crippen molar-refractivity contribution in [1.29, 1.82) is 0 Å². The van der Waals surface area contributed by atoms with Gasteiger partial charge in [0.25, 0.3) is 0 Å². The molecule has 0 saturated carbocycles. The maximum absolute atomic E-state index is 6.11. The molecule has 2 aromatic heterocycles. The molecule has 0 aliphatic carbocycles. The van der Waals surface area contributed by atoms with Crippen molar-refractivity contribution in [3.05, 3.63) is 81.9 Å². The zero-order chi connectivity index (χ0) is 21.4. The van der Waals surface area contributed by atoms with Crippen molar-refractivity contribution in [3.63, 3.8) is 0 Å². The second-order valence-corrected chi connectivity index (χ2v) is 8.57. The Bertz CT molecular complexity index is 1250. The molecule has 1 atom stereocenters. The monoisotopic (exact) mass is 451 g/mol. The number of halogens is 1. The second-order valence-electron chi connectivity index (χ2n) is 7.77. The zero-order valence-corrected chi connectivity index (χ0v) is 18.7. The number of para-hydroxylation sites is 1. The summed E-state index contributed by atoms with van der Waals surface area (Å²) in [6, 6.07) is 20.0. The molecular formula is C23H22ClN5OS. The van der Waals surface area contributed by atoms with Gasteiger partial charge in [0, 0.05) is 28.9 Å². The molecule has 0 bridgehead atoms. The van der Waals surface area contributed by atoms with Crippen molar-refractivity contribution in [1.82, 2.24) is 24.4 Å². The topological polar surface area (TPSA) is 52.0 Å². The van der Waals surface area contributed by atoms with Gasteiger partial charge in [-0.15, -0.1) is 5.10 Å². The highest BCUT2D eigenvalue weighted by Crippen LogP contribution is 2.33. The van der Waals surface area contributed by atoms with E-state index in [-0.39, 0.29) is 6.04 Å². The lowest BCUT2D eigenvalue weighted by atomic mass is 10.1. The first-order chi connectivity index (χ1) is 15.1.